The van der Waals surface area contributed by atoms with E-state index in [4.69, 9.17) is 0 Å². The molecule has 0 bridgehead atoms. The maximum absolute atomic E-state index is 15.7. The van der Waals surface area contributed by atoms with Gasteiger partial charge in [0.15, 0.2) is 0 Å². The molecule has 4 nitrogen and oxygen atoms in total. The molecule has 2 aromatic heterocycles. The minimum atomic E-state index is -4.85. The van der Waals surface area contributed by atoms with Crippen molar-refractivity contribution in [2.75, 3.05) is 0 Å². The van der Waals surface area contributed by atoms with E-state index in [0.717, 1.165) is 94.2 Å². The number of halogens is 3. The van der Waals surface area contributed by atoms with Crippen LogP contribution in [0.2, 0.25) is 0 Å². The average molecular weight is 907 g/mol. The molecule has 330 valence electrons. The first-order chi connectivity index (χ1) is 34.2. The van der Waals surface area contributed by atoms with Crippen LogP contribution in [0.15, 0.2) is 224 Å². The zero-order valence-electron chi connectivity index (χ0n) is 37.3. The summed E-state index contributed by atoms with van der Waals surface area (Å²) < 4.78 is 51.1. The van der Waals surface area contributed by atoms with Crippen LogP contribution in [0.3, 0.4) is 0 Å². The highest BCUT2D eigenvalue weighted by Gasteiger charge is 2.35. The maximum Gasteiger partial charge on any atom is 0.417 e. The Morgan fingerprint density at radius 1 is 0.329 bits per heavy atom. The summed E-state index contributed by atoms with van der Waals surface area (Å²) in [6.45, 7) is 0. The molecule has 0 aliphatic heterocycles. The summed E-state index contributed by atoms with van der Waals surface area (Å²) in [7, 11) is 0. The van der Waals surface area contributed by atoms with Crippen molar-refractivity contribution in [3.8, 4) is 79.1 Å². The van der Waals surface area contributed by atoms with E-state index in [-0.39, 0.29) is 22.3 Å². The molecule has 12 aromatic rings. The highest BCUT2D eigenvalue weighted by atomic mass is 19.4. The van der Waals surface area contributed by atoms with Crippen LogP contribution in [0.5, 0.6) is 0 Å². The summed E-state index contributed by atoms with van der Waals surface area (Å²) in [6.07, 6.45) is -4.85. The second-order valence-electron chi connectivity index (χ2n) is 17.4. The fraction of sp³-hybridized carbons (Fsp3) is 0.0159. The second-order valence-corrected chi connectivity index (χ2v) is 17.4. The highest BCUT2D eigenvalue weighted by molar-refractivity contribution is 6.13. The summed E-state index contributed by atoms with van der Waals surface area (Å²) >= 11 is 0. The van der Waals surface area contributed by atoms with Gasteiger partial charge in [-0.2, -0.15) is 23.7 Å². The third kappa shape index (κ3) is 7.08. The Balaban J connectivity index is 1.24. The van der Waals surface area contributed by atoms with Gasteiger partial charge in [-0.05, 0) is 98.6 Å². The third-order valence-corrected chi connectivity index (χ3v) is 13.4. The summed E-state index contributed by atoms with van der Waals surface area (Å²) in [4.78, 5) is 0. The lowest BCUT2D eigenvalue weighted by atomic mass is 9.93. The van der Waals surface area contributed by atoms with Gasteiger partial charge in [0.1, 0.15) is 6.07 Å². The quantitative estimate of drug-likeness (QED) is 0.160. The Bertz CT molecular complexity index is 3910. The van der Waals surface area contributed by atoms with E-state index in [9.17, 15) is 10.5 Å². The number of hydrogen-bond donors (Lipinski definition) is 0. The van der Waals surface area contributed by atoms with Crippen LogP contribution in [-0.2, 0) is 6.18 Å². The summed E-state index contributed by atoms with van der Waals surface area (Å²) in [5.41, 5.74) is 10.8. The standard InChI is InChI=1S/C63H37F3N4/c64-63(65,66)56-31-40(38-67)21-26-50(56)55-37-57(69-58-32-45(41-13-5-1-6-14-41)22-27-51(58)52-28-23-46(33-59(52)69)42-15-7-2-8-16-42)49(39-68)36-62(55)70-60-34-47(43-17-9-3-10-18-43)24-29-53(60)54-30-25-48(35-61(54)70)44-19-11-4-12-20-44/h1-37H. The number of aromatic nitrogens is 2. The Kier molecular flexibility index (Phi) is 10.0. The van der Waals surface area contributed by atoms with Gasteiger partial charge in [-0.1, -0.05) is 176 Å². The molecule has 10 aromatic carbocycles. The van der Waals surface area contributed by atoms with E-state index in [0.29, 0.717) is 11.4 Å². The first kappa shape index (κ1) is 42.0. The predicted octanol–water partition coefficient (Wildman–Crippen LogP) is 17.0. The Hall–Kier alpha value is -9.43. The zero-order chi connectivity index (χ0) is 47.5. The molecule has 0 unspecified atom stereocenters. The van der Waals surface area contributed by atoms with Crippen molar-refractivity contribution in [1.82, 2.24) is 9.13 Å². The minimum absolute atomic E-state index is 0.118. The molecule has 0 spiro atoms. The minimum Gasteiger partial charge on any atom is -0.309 e. The van der Waals surface area contributed by atoms with Gasteiger partial charge in [-0.25, -0.2) is 0 Å². The number of fused-ring (bicyclic) bond motifs is 6. The van der Waals surface area contributed by atoms with Gasteiger partial charge in [0.05, 0.1) is 56.2 Å². The molecule has 0 aliphatic rings. The molecule has 12 rings (SSSR count). The topological polar surface area (TPSA) is 57.4 Å². The van der Waals surface area contributed by atoms with Crippen LogP contribution >= 0.6 is 0 Å². The van der Waals surface area contributed by atoms with Crippen molar-refractivity contribution < 1.29 is 13.2 Å². The monoisotopic (exact) mass is 906 g/mol. The summed E-state index contributed by atoms with van der Waals surface area (Å²) in [6, 6.07) is 76.5. The molecule has 0 N–H and O–H groups in total. The number of rotatable bonds is 7. The van der Waals surface area contributed by atoms with Crippen LogP contribution in [0.1, 0.15) is 16.7 Å². The molecule has 0 amide bonds. The Labute approximate surface area is 401 Å². The van der Waals surface area contributed by atoms with Gasteiger partial charge in [0, 0.05) is 27.1 Å². The molecular formula is C63H37F3N4. The fourth-order valence-corrected chi connectivity index (χ4v) is 10.1. The SMILES string of the molecule is N#Cc1ccc(-c2cc(-n3c4cc(-c5ccccc5)ccc4c4ccc(-c5ccccc5)cc43)c(C#N)cc2-n2c3cc(-c4ccccc4)ccc3c3ccc(-c4ccccc4)cc32)c(C(F)(F)F)c1. The summed E-state index contributed by atoms with van der Waals surface area (Å²) in [5.74, 6) is 0. The lowest BCUT2D eigenvalue weighted by Gasteiger charge is -2.21. The van der Waals surface area contributed by atoms with Crippen LogP contribution in [-0.4, -0.2) is 9.13 Å². The van der Waals surface area contributed by atoms with E-state index in [1.165, 1.54) is 12.1 Å². The smallest absolute Gasteiger partial charge is 0.309 e. The first-order valence-corrected chi connectivity index (χ1v) is 22.8. The molecule has 0 saturated heterocycles. The van der Waals surface area contributed by atoms with Crippen molar-refractivity contribution in [2.45, 2.75) is 6.18 Å². The molecule has 7 heteroatoms. The van der Waals surface area contributed by atoms with E-state index < -0.39 is 11.7 Å². The lowest BCUT2D eigenvalue weighted by molar-refractivity contribution is -0.137. The average Bonchev–Trinajstić information content (AvgIpc) is 3.92. The molecule has 0 radical (unpaired) electrons. The predicted molar refractivity (Wildman–Crippen MR) is 277 cm³/mol. The van der Waals surface area contributed by atoms with Gasteiger partial charge in [-0.15, -0.1) is 0 Å². The van der Waals surface area contributed by atoms with Crippen LogP contribution < -0.4 is 0 Å². The van der Waals surface area contributed by atoms with Crippen LogP contribution in [0.25, 0.3) is 111 Å². The molecule has 0 atom stereocenters. The van der Waals surface area contributed by atoms with Gasteiger partial charge >= 0.3 is 6.18 Å². The molecule has 70 heavy (non-hydrogen) atoms. The molecule has 0 fully saturated rings. The highest BCUT2D eigenvalue weighted by Crippen LogP contribution is 2.46. The maximum atomic E-state index is 15.7. The molecule has 0 aliphatic carbocycles. The van der Waals surface area contributed by atoms with E-state index >= 15 is 13.2 Å². The number of nitrogens with zero attached hydrogens (tertiary/aromatic N) is 4. The molecule has 0 saturated carbocycles. The van der Waals surface area contributed by atoms with Crippen molar-refractivity contribution in [2.24, 2.45) is 0 Å². The van der Waals surface area contributed by atoms with Crippen molar-refractivity contribution in [1.29, 1.82) is 10.5 Å². The second kappa shape index (κ2) is 16.7. The Morgan fingerprint density at radius 3 is 1.04 bits per heavy atom. The van der Waals surface area contributed by atoms with E-state index in [1.54, 1.807) is 12.1 Å². The normalized spacial score (nSPS) is 11.6. The largest absolute Gasteiger partial charge is 0.417 e. The van der Waals surface area contributed by atoms with Crippen molar-refractivity contribution >= 4 is 43.6 Å². The lowest BCUT2D eigenvalue weighted by Crippen LogP contribution is -2.10. The van der Waals surface area contributed by atoms with Gasteiger partial charge in [-0.3, -0.25) is 0 Å². The van der Waals surface area contributed by atoms with Crippen LogP contribution in [0.4, 0.5) is 13.2 Å². The van der Waals surface area contributed by atoms with Crippen molar-refractivity contribution in [3.63, 3.8) is 0 Å². The summed E-state index contributed by atoms with van der Waals surface area (Å²) in [5, 5.41) is 25.1. The van der Waals surface area contributed by atoms with E-state index in [1.807, 2.05) is 137 Å². The zero-order valence-corrected chi connectivity index (χ0v) is 37.3. The molecular weight excluding hydrogens is 870 g/mol. The number of hydrogen-bond acceptors (Lipinski definition) is 2. The van der Waals surface area contributed by atoms with Crippen LogP contribution in [0, 0.1) is 22.7 Å². The van der Waals surface area contributed by atoms with Gasteiger partial charge in [0.25, 0.3) is 0 Å². The number of alkyl halides is 3. The number of benzene rings is 10. The van der Waals surface area contributed by atoms with E-state index in [2.05, 4.69) is 78.9 Å². The van der Waals surface area contributed by atoms with Gasteiger partial charge in [0.2, 0.25) is 0 Å². The molecule has 2 heterocycles. The number of nitriles is 2. The fourth-order valence-electron chi connectivity index (χ4n) is 10.1. The first-order valence-electron chi connectivity index (χ1n) is 22.8. The van der Waals surface area contributed by atoms with Gasteiger partial charge < -0.3 is 9.13 Å². The van der Waals surface area contributed by atoms with Crippen molar-refractivity contribution in [3.05, 3.63) is 241 Å². The Morgan fingerprint density at radius 2 is 0.700 bits per heavy atom. The third-order valence-electron chi connectivity index (χ3n) is 13.4.